The quantitative estimate of drug-likeness (QED) is 0.520. The first-order chi connectivity index (χ1) is 15.2. The van der Waals surface area contributed by atoms with Crippen LogP contribution in [0.2, 0.25) is 0 Å². The number of rotatable bonds is 12. The van der Waals surface area contributed by atoms with Crippen molar-refractivity contribution in [1.29, 1.82) is 0 Å². The van der Waals surface area contributed by atoms with Gasteiger partial charge < -0.3 is 24.3 Å². The van der Waals surface area contributed by atoms with Crippen LogP contribution in [0.5, 0.6) is 11.5 Å². The molecule has 1 saturated heterocycles. The van der Waals surface area contributed by atoms with E-state index >= 15 is 0 Å². The molecule has 168 valence electrons. The first kappa shape index (κ1) is 23.1. The van der Waals surface area contributed by atoms with Gasteiger partial charge in [0.25, 0.3) is 0 Å². The molecule has 2 atom stereocenters. The van der Waals surface area contributed by atoms with Crippen molar-refractivity contribution in [2.75, 3.05) is 33.5 Å². The Balaban J connectivity index is 1.54. The van der Waals surface area contributed by atoms with Gasteiger partial charge in [0.1, 0.15) is 18.1 Å². The summed E-state index contributed by atoms with van der Waals surface area (Å²) in [5.41, 5.74) is 2.13. The van der Waals surface area contributed by atoms with E-state index in [-0.39, 0.29) is 18.0 Å². The lowest BCUT2D eigenvalue weighted by Gasteiger charge is -2.18. The van der Waals surface area contributed by atoms with E-state index in [4.69, 9.17) is 18.9 Å². The van der Waals surface area contributed by atoms with Gasteiger partial charge in [0.05, 0.1) is 25.7 Å². The van der Waals surface area contributed by atoms with Crippen LogP contribution in [0.4, 0.5) is 0 Å². The summed E-state index contributed by atoms with van der Waals surface area (Å²) in [6.07, 6.45) is 2.93. The third-order valence-corrected chi connectivity index (χ3v) is 5.38. The Morgan fingerprint density at radius 1 is 1.16 bits per heavy atom. The van der Waals surface area contributed by atoms with Gasteiger partial charge in [0.15, 0.2) is 0 Å². The molecule has 1 N–H and O–H groups in total. The number of carbonyl (C=O) groups excluding carboxylic acids is 1. The van der Waals surface area contributed by atoms with Crippen LogP contribution in [0.1, 0.15) is 30.9 Å². The fraction of sp³-hybridized carbons (Fsp3) is 0.480. The van der Waals surface area contributed by atoms with Gasteiger partial charge in [0.2, 0.25) is 0 Å². The van der Waals surface area contributed by atoms with Crippen LogP contribution >= 0.6 is 0 Å². The zero-order valence-electron chi connectivity index (χ0n) is 18.5. The second-order valence-electron chi connectivity index (χ2n) is 7.69. The molecule has 0 aliphatic carbocycles. The molecular formula is C25H33NO5. The molecule has 31 heavy (non-hydrogen) atoms. The van der Waals surface area contributed by atoms with E-state index in [0.717, 1.165) is 42.1 Å². The summed E-state index contributed by atoms with van der Waals surface area (Å²) >= 11 is 0. The third-order valence-electron chi connectivity index (χ3n) is 5.38. The molecule has 0 radical (unpaired) electrons. The predicted molar refractivity (Wildman–Crippen MR) is 119 cm³/mol. The summed E-state index contributed by atoms with van der Waals surface area (Å²) in [4.78, 5) is 12.3. The van der Waals surface area contributed by atoms with E-state index in [9.17, 15) is 4.79 Å². The second-order valence-corrected chi connectivity index (χ2v) is 7.69. The van der Waals surface area contributed by atoms with Gasteiger partial charge in [-0.1, -0.05) is 30.3 Å². The van der Waals surface area contributed by atoms with Gasteiger partial charge in [-0.3, -0.25) is 4.79 Å². The number of nitrogens with one attached hydrogen (secondary N) is 1. The van der Waals surface area contributed by atoms with Crippen molar-refractivity contribution in [3.63, 3.8) is 0 Å². The first-order valence-electron chi connectivity index (χ1n) is 11.0. The zero-order chi connectivity index (χ0) is 21.9. The fourth-order valence-corrected chi connectivity index (χ4v) is 3.71. The van der Waals surface area contributed by atoms with E-state index < -0.39 is 0 Å². The Hall–Kier alpha value is -2.57. The fourth-order valence-electron chi connectivity index (χ4n) is 3.71. The molecule has 0 spiro atoms. The molecule has 0 aromatic heterocycles. The van der Waals surface area contributed by atoms with E-state index in [1.54, 1.807) is 0 Å². The highest BCUT2D eigenvalue weighted by Gasteiger charge is 2.20. The maximum atomic E-state index is 12.3. The van der Waals surface area contributed by atoms with E-state index in [1.807, 2.05) is 55.5 Å². The summed E-state index contributed by atoms with van der Waals surface area (Å²) in [6, 6.07) is 15.8. The smallest absolute Gasteiger partial charge is 0.310 e. The molecule has 0 saturated carbocycles. The number of carbonyl (C=O) groups is 1. The summed E-state index contributed by atoms with van der Waals surface area (Å²) in [7, 11) is 1.43. The van der Waals surface area contributed by atoms with Gasteiger partial charge in [-0.05, 0) is 49.9 Å². The Kier molecular flexibility index (Phi) is 9.18. The molecule has 1 aliphatic heterocycles. The van der Waals surface area contributed by atoms with Crippen LogP contribution in [0.25, 0.3) is 0 Å². The molecular weight excluding hydrogens is 394 g/mol. The molecule has 0 bridgehead atoms. The number of hydrogen-bond acceptors (Lipinski definition) is 6. The predicted octanol–water partition coefficient (Wildman–Crippen LogP) is 3.76. The Morgan fingerprint density at radius 2 is 1.97 bits per heavy atom. The van der Waals surface area contributed by atoms with Gasteiger partial charge in [-0.25, -0.2) is 0 Å². The van der Waals surface area contributed by atoms with Crippen molar-refractivity contribution in [2.24, 2.45) is 5.92 Å². The molecule has 6 heteroatoms. The monoisotopic (exact) mass is 427 g/mol. The number of hydrogen-bond donors (Lipinski definition) is 1. The largest absolute Gasteiger partial charge is 0.494 e. The summed E-state index contributed by atoms with van der Waals surface area (Å²) in [6.45, 7) is 5.10. The number of methoxy groups -OCH3 is 1. The first-order valence-corrected chi connectivity index (χ1v) is 11.0. The Morgan fingerprint density at radius 3 is 2.68 bits per heavy atom. The van der Waals surface area contributed by atoms with Gasteiger partial charge in [-0.2, -0.15) is 0 Å². The lowest BCUT2D eigenvalue weighted by molar-refractivity contribution is -0.145. The van der Waals surface area contributed by atoms with E-state index in [1.165, 1.54) is 7.11 Å². The highest BCUT2D eigenvalue weighted by atomic mass is 16.5. The maximum Gasteiger partial charge on any atom is 0.310 e. The molecule has 1 fully saturated rings. The third kappa shape index (κ3) is 7.26. The van der Waals surface area contributed by atoms with Crippen molar-refractivity contribution in [3.8, 4) is 11.5 Å². The number of ether oxygens (including phenoxy) is 4. The van der Waals surface area contributed by atoms with E-state index in [0.29, 0.717) is 32.7 Å². The minimum Gasteiger partial charge on any atom is -0.494 e. The van der Waals surface area contributed by atoms with Crippen molar-refractivity contribution < 1.29 is 23.7 Å². The molecule has 6 nitrogen and oxygen atoms in total. The molecule has 1 aliphatic rings. The van der Waals surface area contributed by atoms with Gasteiger partial charge in [-0.15, -0.1) is 0 Å². The molecule has 2 aromatic rings. The number of benzene rings is 2. The second kappa shape index (κ2) is 12.3. The number of esters is 1. The summed E-state index contributed by atoms with van der Waals surface area (Å²) in [5, 5.41) is 3.40. The molecule has 2 aromatic carbocycles. The molecule has 1 heterocycles. The van der Waals surface area contributed by atoms with Crippen LogP contribution in [0.3, 0.4) is 0 Å². The highest BCUT2D eigenvalue weighted by Crippen LogP contribution is 2.21. The van der Waals surface area contributed by atoms with Crippen molar-refractivity contribution in [3.05, 3.63) is 59.7 Å². The lowest BCUT2D eigenvalue weighted by atomic mass is 9.99. The average Bonchev–Trinajstić information content (AvgIpc) is 3.32. The highest BCUT2D eigenvalue weighted by molar-refractivity contribution is 5.73. The Bertz CT molecular complexity index is 802. The normalized spacial score (nSPS) is 16.6. The zero-order valence-corrected chi connectivity index (χ0v) is 18.5. The maximum absolute atomic E-state index is 12.3. The lowest BCUT2D eigenvalue weighted by Crippen LogP contribution is -2.31. The Labute approximate surface area is 184 Å². The standard InChI is InChI=1S/C25H33NO5/c1-3-29-22-12-10-19(11-13-22)15-21(25(27)28-2)17-26-16-20-7-4-5-9-24(20)31-18-23-8-6-14-30-23/h4-5,7,9-13,21,23,26H,3,6,8,14-18H2,1-2H3/t21-,23-/m0/s1. The summed E-state index contributed by atoms with van der Waals surface area (Å²) in [5.74, 6) is 1.19. The SMILES string of the molecule is CCOc1ccc(C[C@@H](CNCc2ccccc2OC[C@@H]2CCCO2)C(=O)OC)cc1. The minimum absolute atomic E-state index is 0.179. The average molecular weight is 428 g/mol. The van der Waals surface area contributed by atoms with Crippen LogP contribution < -0.4 is 14.8 Å². The van der Waals surface area contributed by atoms with Gasteiger partial charge in [0, 0.05) is 25.3 Å². The van der Waals surface area contributed by atoms with Gasteiger partial charge >= 0.3 is 5.97 Å². The van der Waals surface area contributed by atoms with Crippen LogP contribution in [0.15, 0.2) is 48.5 Å². The van der Waals surface area contributed by atoms with Crippen LogP contribution in [0, 0.1) is 5.92 Å². The van der Waals surface area contributed by atoms with Crippen molar-refractivity contribution in [2.45, 2.75) is 38.8 Å². The van der Waals surface area contributed by atoms with Crippen molar-refractivity contribution in [1.82, 2.24) is 5.32 Å². The minimum atomic E-state index is -0.275. The molecule has 0 amide bonds. The van der Waals surface area contributed by atoms with E-state index in [2.05, 4.69) is 5.32 Å². The summed E-state index contributed by atoms with van der Waals surface area (Å²) < 4.78 is 22.2. The van der Waals surface area contributed by atoms with Crippen LogP contribution in [-0.4, -0.2) is 45.5 Å². The molecule has 3 rings (SSSR count). The molecule has 0 unspecified atom stereocenters. The van der Waals surface area contributed by atoms with Crippen LogP contribution in [-0.2, 0) is 27.2 Å². The number of para-hydroxylation sites is 1. The topological polar surface area (TPSA) is 66.0 Å². The van der Waals surface area contributed by atoms with Crippen molar-refractivity contribution >= 4 is 5.97 Å².